The number of nitrogen functional groups attached to an aromatic ring is 1. The maximum absolute atomic E-state index is 13.2. The zero-order valence-corrected chi connectivity index (χ0v) is 20.2. The largest absolute Gasteiger partial charge is 0.382 e. The Morgan fingerprint density at radius 3 is 2.66 bits per heavy atom. The number of hydrogen-bond acceptors (Lipinski definition) is 6. The average Bonchev–Trinajstić information content (AvgIpc) is 3.32. The summed E-state index contributed by atoms with van der Waals surface area (Å²) in [7, 11) is 1.82. The number of nitrogens with zero attached hydrogens (tertiary/aromatic N) is 7. The van der Waals surface area contributed by atoms with Crippen LogP contribution in [0.1, 0.15) is 30.4 Å². The van der Waals surface area contributed by atoms with Gasteiger partial charge < -0.3 is 16.4 Å². The Morgan fingerprint density at radius 2 is 2.03 bits per heavy atom. The summed E-state index contributed by atoms with van der Waals surface area (Å²) in [5.41, 5.74) is 7.65. The summed E-state index contributed by atoms with van der Waals surface area (Å²) in [6, 6.07) is 7.92. The lowest BCUT2D eigenvalue weighted by molar-refractivity contribution is 0.627. The predicted octanol–water partition coefficient (Wildman–Crippen LogP) is 1.90. The van der Waals surface area contributed by atoms with Crippen molar-refractivity contribution in [1.29, 1.82) is 5.26 Å². The number of anilines is 1. The van der Waals surface area contributed by atoms with E-state index in [1.807, 2.05) is 14.0 Å². The standard InChI is InChI=1S/C20H25FN10.HI/c1-3-24-20(26-12-18-27-13-28-30(18)2)25-10-4-5-17-16(11-22)19(23)31(29-17)15-8-6-14(21)7-9-15;/h6-9,13H,3-5,10,12,23H2,1-2H3,(H2,24,25,26);1H. The van der Waals surface area contributed by atoms with Gasteiger partial charge in [-0.05, 0) is 44.0 Å². The predicted molar refractivity (Wildman–Crippen MR) is 130 cm³/mol. The van der Waals surface area contributed by atoms with Crippen molar-refractivity contribution in [1.82, 2.24) is 35.2 Å². The van der Waals surface area contributed by atoms with Gasteiger partial charge in [-0.3, -0.25) is 4.68 Å². The van der Waals surface area contributed by atoms with E-state index in [4.69, 9.17) is 5.73 Å². The van der Waals surface area contributed by atoms with E-state index in [0.29, 0.717) is 48.8 Å². The molecule has 12 heteroatoms. The first kappa shape index (κ1) is 25.1. The first-order valence-corrected chi connectivity index (χ1v) is 9.92. The van der Waals surface area contributed by atoms with Crippen LogP contribution in [0.15, 0.2) is 35.6 Å². The lowest BCUT2D eigenvalue weighted by Crippen LogP contribution is -2.38. The fourth-order valence-corrected chi connectivity index (χ4v) is 2.97. The molecule has 0 bridgehead atoms. The van der Waals surface area contributed by atoms with Crippen LogP contribution in [-0.2, 0) is 20.0 Å². The van der Waals surface area contributed by atoms with Crippen molar-refractivity contribution in [2.24, 2.45) is 12.0 Å². The van der Waals surface area contributed by atoms with Crippen LogP contribution >= 0.6 is 24.0 Å². The van der Waals surface area contributed by atoms with Gasteiger partial charge in [0.25, 0.3) is 0 Å². The molecule has 0 radical (unpaired) electrons. The van der Waals surface area contributed by atoms with Crippen molar-refractivity contribution in [2.45, 2.75) is 26.3 Å². The van der Waals surface area contributed by atoms with E-state index < -0.39 is 0 Å². The third kappa shape index (κ3) is 6.16. The maximum atomic E-state index is 13.2. The maximum Gasteiger partial charge on any atom is 0.191 e. The molecule has 0 atom stereocenters. The van der Waals surface area contributed by atoms with Gasteiger partial charge in [-0.25, -0.2) is 19.0 Å². The number of nitrogens with two attached hydrogens (primary N) is 1. The number of rotatable bonds is 8. The van der Waals surface area contributed by atoms with Crippen molar-refractivity contribution < 1.29 is 4.39 Å². The second kappa shape index (κ2) is 12.0. The summed E-state index contributed by atoms with van der Waals surface area (Å²) >= 11 is 0. The molecular formula is C20H26FIN10. The summed E-state index contributed by atoms with van der Waals surface area (Å²) in [4.78, 5) is 8.67. The molecule has 0 fully saturated rings. The van der Waals surface area contributed by atoms with E-state index in [2.05, 4.69) is 36.9 Å². The van der Waals surface area contributed by atoms with E-state index >= 15 is 0 Å². The number of aliphatic imine (C=N–C) groups is 1. The number of aromatic nitrogens is 5. The molecule has 0 spiro atoms. The van der Waals surface area contributed by atoms with Crippen molar-refractivity contribution >= 4 is 35.8 Å². The second-order valence-electron chi connectivity index (χ2n) is 6.73. The van der Waals surface area contributed by atoms with Crippen LogP contribution < -0.4 is 16.4 Å². The van der Waals surface area contributed by atoms with Crippen LogP contribution in [0.3, 0.4) is 0 Å². The molecule has 0 aliphatic rings. The zero-order valence-electron chi connectivity index (χ0n) is 17.9. The minimum atomic E-state index is -0.349. The molecule has 3 rings (SSSR count). The van der Waals surface area contributed by atoms with Crippen LogP contribution in [0.4, 0.5) is 10.2 Å². The second-order valence-corrected chi connectivity index (χ2v) is 6.73. The highest BCUT2D eigenvalue weighted by Gasteiger charge is 2.16. The minimum Gasteiger partial charge on any atom is -0.382 e. The van der Waals surface area contributed by atoms with Gasteiger partial charge in [0.15, 0.2) is 5.96 Å². The summed E-state index contributed by atoms with van der Waals surface area (Å²) in [5, 5.41) is 24.4. The highest BCUT2D eigenvalue weighted by molar-refractivity contribution is 14.0. The third-order valence-corrected chi connectivity index (χ3v) is 4.59. The molecule has 0 aliphatic carbocycles. The molecule has 1 aromatic carbocycles. The molecule has 0 unspecified atom stereocenters. The first-order chi connectivity index (χ1) is 15.0. The zero-order chi connectivity index (χ0) is 22.2. The van der Waals surface area contributed by atoms with Crippen LogP contribution in [-0.4, -0.2) is 43.6 Å². The summed E-state index contributed by atoms with van der Waals surface area (Å²) < 4.78 is 16.3. The lowest BCUT2D eigenvalue weighted by Gasteiger charge is -2.10. The monoisotopic (exact) mass is 552 g/mol. The van der Waals surface area contributed by atoms with Gasteiger partial charge in [0, 0.05) is 20.1 Å². The number of nitriles is 1. The molecule has 2 heterocycles. The Morgan fingerprint density at radius 1 is 1.28 bits per heavy atom. The van der Waals surface area contributed by atoms with E-state index in [1.54, 1.807) is 16.8 Å². The normalized spacial score (nSPS) is 11.0. The van der Waals surface area contributed by atoms with E-state index in [1.165, 1.54) is 23.1 Å². The van der Waals surface area contributed by atoms with Crippen molar-refractivity contribution in [2.75, 3.05) is 18.8 Å². The molecule has 2 aromatic heterocycles. The Labute approximate surface area is 202 Å². The Hall–Kier alpha value is -3.21. The van der Waals surface area contributed by atoms with Gasteiger partial charge in [0.1, 0.15) is 42.0 Å². The molecular weight excluding hydrogens is 526 g/mol. The Kier molecular flexibility index (Phi) is 9.39. The van der Waals surface area contributed by atoms with Crippen LogP contribution in [0.2, 0.25) is 0 Å². The van der Waals surface area contributed by atoms with Crippen molar-refractivity contribution in [3.8, 4) is 11.8 Å². The third-order valence-electron chi connectivity index (χ3n) is 4.59. The highest BCUT2D eigenvalue weighted by Crippen LogP contribution is 2.21. The quantitative estimate of drug-likeness (QED) is 0.168. The topological polar surface area (TPSA) is 135 Å². The van der Waals surface area contributed by atoms with Gasteiger partial charge in [0.05, 0.1) is 11.4 Å². The molecule has 170 valence electrons. The van der Waals surface area contributed by atoms with Gasteiger partial charge in [-0.1, -0.05) is 0 Å². The number of aryl methyl sites for hydroxylation is 2. The number of benzene rings is 1. The number of guanidine groups is 1. The molecule has 10 nitrogen and oxygen atoms in total. The Bertz CT molecular complexity index is 1080. The molecule has 0 saturated carbocycles. The number of halogens is 2. The lowest BCUT2D eigenvalue weighted by atomic mass is 10.1. The molecule has 4 N–H and O–H groups in total. The van der Waals surface area contributed by atoms with E-state index in [9.17, 15) is 9.65 Å². The molecule has 0 saturated heterocycles. The Balaban J connectivity index is 0.00000363. The van der Waals surface area contributed by atoms with Gasteiger partial charge >= 0.3 is 0 Å². The van der Waals surface area contributed by atoms with Crippen LogP contribution in [0, 0.1) is 17.1 Å². The SMILES string of the molecule is CCNC(=NCc1ncnn1C)NCCCc1nn(-c2ccc(F)cc2)c(N)c1C#N.I. The average molecular weight is 552 g/mol. The van der Waals surface area contributed by atoms with Crippen LogP contribution in [0.5, 0.6) is 0 Å². The molecule has 32 heavy (non-hydrogen) atoms. The summed E-state index contributed by atoms with van der Waals surface area (Å²) in [6.45, 7) is 3.74. The fraction of sp³-hybridized carbons (Fsp3) is 0.350. The number of nitrogens with one attached hydrogen (secondary N) is 2. The molecule has 0 aliphatic heterocycles. The fourth-order valence-electron chi connectivity index (χ4n) is 2.97. The van der Waals surface area contributed by atoms with Gasteiger partial charge in [0.2, 0.25) is 0 Å². The van der Waals surface area contributed by atoms with Gasteiger partial charge in [-0.15, -0.1) is 24.0 Å². The first-order valence-electron chi connectivity index (χ1n) is 9.92. The minimum absolute atomic E-state index is 0. The van der Waals surface area contributed by atoms with E-state index in [0.717, 1.165) is 12.4 Å². The van der Waals surface area contributed by atoms with Gasteiger partial charge in [-0.2, -0.15) is 15.5 Å². The van der Waals surface area contributed by atoms with Crippen molar-refractivity contribution in [3.05, 3.63) is 53.5 Å². The smallest absolute Gasteiger partial charge is 0.191 e. The van der Waals surface area contributed by atoms with E-state index in [-0.39, 0.29) is 35.6 Å². The highest BCUT2D eigenvalue weighted by atomic mass is 127. The number of hydrogen-bond donors (Lipinski definition) is 3. The summed E-state index contributed by atoms with van der Waals surface area (Å²) in [5.74, 6) is 1.33. The van der Waals surface area contributed by atoms with Crippen molar-refractivity contribution in [3.63, 3.8) is 0 Å². The molecule has 0 amide bonds. The molecule has 3 aromatic rings. The summed E-state index contributed by atoms with van der Waals surface area (Å²) in [6.07, 6.45) is 2.76. The van der Waals surface area contributed by atoms with Crippen LogP contribution in [0.25, 0.3) is 5.69 Å².